The van der Waals surface area contributed by atoms with Crippen LogP contribution < -0.4 is 5.32 Å². The quantitative estimate of drug-likeness (QED) is 0.852. The molecule has 0 saturated carbocycles. The van der Waals surface area contributed by atoms with Gasteiger partial charge in [-0.25, -0.2) is 9.59 Å². The SMILES string of the molecule is Cc1noc(-c2c(NC(=O)N3CCCC3C(=O)O)sc3c2CCCC3)n1. The summed E-state index contributed by atoms with van der Waals surface area (Å²) in [6.45, 7) is 2.20. The van der Waals surface area contributed by atoms with Crippen molar-refractivity contribution in [3.63, 3.8) is 0 Å². The number of carbonyl (C=O) groups is 2. The number of fused-ring (bicyclic) bond motifs is 1. The summed E-state index contributed by atoms with van der Waals surface area (Å²) < 4.78 is 5.37. The molecule has 0 radical (unpaired) electrons. The molecule has 3 heterocycles. The van der Waals surface area contributed by atoms with E-state index in [0.717, 1.165) is 36.8 Å². The van der Waals surface area contributed by atoms with Crippen LogP contribution in [0.1, 0.15) is 41.9 Å². The monoisotopic (exact) mass is 376 g/mol. The van der Waals surface area contributed by atoms with Crippen molar-refractivity contribution in [1.82, 2.24) is 15.0 Å². The standard InChI is InChI=1S/C17H20N4O4S/c1-9-18-14(25-20-9)13-10-5-2-3-7-12(10)26-15(13)19-17(24)21-8-4-6-11(21)16(22)23/h11H,2-8H2,1H3,(H,19,24)(H,22,23). The number of hydrogen-bond donors (Lipinski definition) is 2. The second-order valence-electron chi connectivity index (χ2n) is 6.68. The van der Waals surface area contributed by atoms with Gasteiger partial charge in [0.1, 0.15) is 11.0 Å². The Morgan fingerprint density at radius 1 is 1.31 bits per heavy atom. The zero-order chi connectivity index (χ0) is 18.3. The number of aliphatic carboxylic acids is 1. The van der Waals surface area contributed by atoms with Crippen LogP contribution in [0, 0.1) is 6.92 Å². The molecule has 26 heavy (non-hydrogen) atoms. The third-order valence-corrected chi connectivity index (χ3v) is 6.14. The van der Waals surface area contributed by atoms with Gasteiger partial charge in [-0.15, -0.1) is 11.3 Å². The molecule has 2 aliphatic rings. The molecule has 1 unspecified atom stereocenters. The lowest BCUT2D eigenvalue weighted by Crippen LogP contribution is -2.42. The number of likely N-dealkylation sites (tertiary alicyclic amines) is 1. The van der Waals surface area contributed by atoms with Crippen molar-refractivity contribution in [2.45, 2.75) is 51.5 Å². The van der Waals surface area contributed by atoms with Crippen LogP contribution >= 0.6 is 11.3 Å². The molecule has 2 aromatic rings. The fourth-order valence-electron chi connectivity index (χ4n) is 3.71. The highest BCUT2D eigenvalue weighted by Gasteiger charge is 2.35. The average molecular weight is 376 g/mol. The van der Waals surface area contributed by atoms with E-state index in [4.69, 9.17) is 4.52 Å². The first-order chi connectivity index (χ1) is 12.5. The molecular formula is C17H20N4O4S. The first-order valence-corrected chi connectivity index (χ1v) is 9.62. The molecule has 0 spiro atoms. The van der Waals surface area contributed by atoms with Crippen LogP contribution in [0.25, 0.3) is 11.5 Å². The van der Waals surface area contributed by atoms with Gasteiger partial charge in [-0.2, -0.15) is 4.98 Å². The highest BCUT2D eigenvalue weighted by Crippen LogP contribution is 2.43. The molecule has 2 amide bonds. The van der Waals surface area contributed by atoms with E-state index < -0.39 is 12.0 Å². The largest absolute Gasteiger partial charge is 0.480 e. The van der Waals surface area contributed by atoms with Gasteiger partial charge in [-0.05, 0) is 51.0 Å². The Kier molecular flexibility index (Phi) is 4.39. The first kappa shape index (κ1) is 17.0. The molecule has 1 fully saturated rings. The number of anilines is 1. The molecule has 9 heteroatoms. The summed E-state index contributed by atoms with van der Waals surface area (Å²) in [6, 6.07) is -1.15. The van der Waals surface area contributed by atoms with E-state index in [-0.39, 0.29) is 6.03 Å². The lowest BCUT2D eigenvalue weighted by molar-refractivity contribution is -0.141. The molecule has 1 aliphatic heterocycles. The topological polar surface area (TPSA) is 109 Å². The number of thiophene rings is 1. The number of carboxylic acids is 1. The van der Waals surface area contributed by atoms with Crippen LogP contribution in [0.4, 0.5) is 9.80 Å². The van der Waals surface area contributed by atoms with E-state index in [1.165, 1.54) is 21.1 Å². The fourth-order valence-corrected chi connectivity index (χ4v) is 4.99. The number of carboxylic acid groups (broad SMARTS) is 1. The summed E-state index contributed by atoms with van der Waals surface area (Å²) in [6.07, 6.45) is 5.28. The minimum absolute atomic E-state index is 0.383. The maximum atomic E-state index is 12.7. The van der Waals surface area contributed by atoms with Crippen molar-refractivity contribution in [3.8, 4) is 11.5 Å². The fraction of sp³-hybridized carbons (Fsp3) is 0.529. The average Bonchev–Trinajstić information content (AvgIpc) is 3.31. The van der Waals surface area contributed by atoms with Gasteiger partial charge in [0.15, 0.2) is 5.82 Å². The summed E-state index contributed by atoms with van der Waals surface area (Å²) in [5.74, 6) is -0.0113. The minimum Gasteiger partial charge on any atom is -0.480 e. The van der Waals surface area contributed by atoms with E-state index in [0.29, 0.717) is 36.1 Å². The highest BCUT2D eigenvalue weighted by atomic mass is 32.1. The zero-order valence-electron chi connectivity index (χ0n) is 14.4. The van der Waals surface area contributed by atoms with Crippen molar-refractivity contribution in [1.29, 1.82) is 0 Å². The van der Waals surface area contributed by atoms with Gasteiger partial charge in [-0.3, -0.25) is 5.32 Å². The lowest BCUT2D eigenvalue weighted by atomic mass is 9.95. The van der Waals surface area contributed by atoms with E-state index in [1.54, 1.807) is 6.92 Å². The molecule has 2 N–H and O–H groups in total. The summed E-state index contributed by atoms with van der Waals surface area (Å²) >= 11 is 1.53. The van der Waals surface area contributed by atoms with Crippen molar-refractivity contribution in [3.05, 3.63) is 16.3 Å². The summed E-state index contributed by atoms with van der Waals surface area (Å²) in [4.78, 5) is 31.1. The molecule has 0 bridgehead atoms. The number of aryl methyl sites for hydroxylation is 2. The van der Waals surface area contributed by atoms with Crippen molar-refractivity contribution < 1.29 is 19.2 Å². The summed E-state index contributed by atoms with van der Waals surface area (Å²) in [5, 5.41) is 16.8. The normalized spacial score (nSPS) is 19.4. The Bertz CT molecular complexity index is 859. The van der Waals surface area contributed by atoms with E-state index >= 15 is 0 Å². The molecule has 1 atom stereocenters. The van der Waals surface area contributed by atoms with Crippen LogP contribution in [0.5, 0.6) is 0 Å². The number of aromatic nitrogens is 2. The lowest BCUT2D eigenvalue weighted by Gasteiger charge is -2.21. The Morgan fingerprint density at radius 3 is 2.85 bits per heavy atom. The predicted molar refractivity (Wildman–Crippen MR) is 95.4 cm³/mol. The Hall–Kier alpha value is -2.42. The van der Waals surface area contributed by atoms with Gasteiger partial charge in [0.25, 0.3) is 5.89 Å². The second-order valence-corrected chi connectivity index (χ2v) is 7.79. The van der Waals surface area contributed by atoms with Gasteiger partial charge in [0, 0.05) is 11.4 Å². The molecule has 2 aromatic heterocycles. The molecular weight excluding hydrogens is 356 g/mol. The van der Waals surface area contributed by atoms with Crippen molar-refractivity contribution in [2.75, 3.05) is 11.9 Å². The van der Waals surface area contributed by atoms with Crippen LogP contribution in [-0.4, -0.2) is 44.7 Å². The van der Waals surface area contributed by atoms with E-state index in [1.807, 2.05) is 0 Å². The van der Waals surface area contributed by atoms with Gasteiger partial charge in [0.2, 0.25) is 0 Å². The number of amides is 2. The third kappa shape index (κ3) is 2.96. The van der Waals surface area contributed by atoms with Crippen LogP contribution in [0.15, 0.2) is 4.52 Å². The summed E-state index contributed by atoms with van der Waals surface area (Å²) in [5.41, 5.74) is 1.96. The number of nitrogens with one attached hydrogen (secondary N) is 1. The third-order valence-electron chi connectivity index (χ3n) is 4.93. The summed E-state index contributed by atoms with van der Waals surface area (Å²) in [7, 11) is 0. The number of hydrogen-bond acceptors (Lipinski definition) is 6. The molecule has 4 rings (SSSR count). The van der Waals surface area contributed by atoms with E-state index in [9.17, 15) is 14.7 Å². The van der Waals surface area contributed by atoms with Crippen LogP contribution in [-0.2, 0) is 17.6 Å². The molecule has 1 aliphatic carbocycles. The van der Waals surface area contributed by atoms with Gasteiger partial charge in [-0.1, -0.05) is 5.16 Å². The van der Waals surface area contributed by atoms with Crippen LogP contribution in [0.2, 0.25) is 0 Å². The maximum absolute atomic E-state index is 12.7. The molecule has 8 nitrogen and oxygen atoms in total. The smallest absolute Gasteiger partial charge is 0.326 e. The van der Waals surface area contributed by atoms with Crippen LogP contribution in [0.3, 0.4) is 0 Å². The number of nitrogens with zero attached hydrogens (tertiary/aromatic N) is 3. The Balaban J connectivity index is 1.67. The number of rotatable bonds is 3. The second kappa shape index (κ2) is 6.71. The first-order valence-electron chi connectivity index (χ1n) is 8.80. The predicted octanol–water partition coefficient (Wildman–Crippen LogP) is 3.07. The minimum atomic E-state index is -0.962. The molecule has 0 aromatic carbocycles. The van der Waals surface area contributed by atoms with Gasteiger partial charge in [0.05, 0.1) is 5.56 Å². The Labute approximate surface area is 154 Å². The van der Waals surface area contributed by atoms with Gasteiger partial charge < -0.3 is 14.5 Å². The zero-order valence-corrected chi connectivity index (χ0v) is 15.3. The molecule has 1 saturated heterocycles. The Morgan fingerprint density at radius 2 is 2.12 bits per heavy atom. The van der Waals surface area contributed by atoms with Crippen molar-refractivity contribution >= 4 is 28.3 Å². The van der Waals surface area contributed by atoms with E-state index in [2.05, 4.69) is 15.5 Å². The molecule has 138 valence electrons. The highest BCUT2D eigenvalue weighted by molar-refractivity contribution is 7.17. The maximum Gasteiger partial charge on any atom is 0.326 e. The van der Waals surface area contributed by atoms with Crippen molar-refractivity contribution in [2.24, 2.45) is 0 Å². The number of carbonyl (C=O) groups excluding carboxylic acids is 1. The number of urea groups is 1. The van der Waals surface area contributed by atoms with Gasteiger partial charge >= 0.3 is 12.0 Å².